The fourth-order valence-corrected chi connectivity index (χ4v) is 3.75. The van der Waals surface area contributed by atoms with E-state index in [1.807, 2.05) is 49.4 Å². The summed E-state index contributed by atoms with van der Waals surface area (Å²) in [5, 5.41) is 13.9. The summed E-state index contributed by atoms with van der Waals surface area (Å²) in [6.07, 6.45) is 1.22. The normalized spacial score (nSPS) is 19.8. The first-order chi connectivity index (χ1) is 14.5. The number of aliphatic hydroxyl groups is 1. The van der Waals surface area contributed by atoms with E-state index in [1.54, 1.807) is 12.1 Å². The number of imide groups is 1. The van der Waals surface area contributed by atoms with E-state index in [0.29, 0.717) is 18.1 Å². The van der Waals surface area contributed by atoms with Crippen molar-refractivity contribution in [2.24, 2.45) is 0 Å². The molecule has 3 amide bonds. The Morgan fingerprint density at radius 1 is 1.13 bits per heavy atom. The van der Waals surface area contributed by atoms with Crippen molar-refractivity contribution in [3.63, 3.8) is 0 Å². The van der Waals surface area contributed by atoms with Gasteiger partial charge in [0, 0.05) is 5.02 Å². The summed E-state index contributed by atoms with van der Waals surface area (Å²) < 4.78 is 5.54. The van der Waals surface area contributed by atoms with Gasteiger partial charge in [-0.25, -0.2) is 4.79 Å². The van der Waals surface area contributed by atoms with Crippen molar-refractivity contribution >= 4 is 23.5 Å². The highest BCUT2D eigenvalue weighted by Gasteiger charge is 2.52. The van der Waals surface area contributed by atoms with E-state index in [-0.39, 0.29) is 19.1 Å². The van der Waals surface area contributed by atoms with Crippen molar-refractivity contribution in [2.75, 3.05) is 13.2 Å². The summed E-state index contributed by atoms with van der Waals surface area (Å²) in [5.74, 6) is -0.330. The molecule has 3 rings (SSSR count). The molecule has 1 heterocycles. The predicted octanol–water partition coefficient (Wildman–Crippen LogP) is 3.86. The molecule has 6 nitrogen and oxygen atoms in total. The number of β-amino-alcohol motifs (C(OH)–C–C–N with tert-alkyl or cyclic N) is 1. The van der Waals surface area contributed by atoms with Crippen LogP contribution in [0.4, 0.5) is 4.79 Å². The Balaban J connectivity index is 1.63. The van der Waals surface area contributed by atoms with E-state index in [4.69, 9.17) is 16.3 Å². The zero-order chi connectivity index (χ0) is 21.6. The highest BCUT2D eigenvalue weighted by Crippen LogP contribution is 2.34. The largest absolute Gasteiger partial charge is 0.389 e. The topological polar surface area (TPSA) is 78.9 Å². The van der Waals surface area contributed by atoms with E-state index < -0.39 is 17.7 Å². The first-order valence-electron chi connectivity index (χ1n) is 10.2. The van der Waals surface area contributed by atoms with Crippen LogP contribution in [0.5, 0.6) is 0 Å². The number of ether oxygens (including phenoxy) is 1. The van der Waals surface area contributed by atoms with Crippen LogP contribution in [0.15, 0.2) is 54.6 Å². The molecule has 1 saturated heterocycles. The van der Waals surface area contributed by atoms with Crippen molar-refractivity contribution in [2.45, 2.75) is 44.4 Å². The third-order valence-corrected chi connectivity index (χ3v) is 5.49. The molecule has 2 atom stereocenters. The number of hydrogen-bond acceptors (Lipinski definition) is 4. The molecule has 0 spiro atoms. The second-order valence-electron chi connectivity index (χ2n) is 7.52. The predicted molar refractivity (Wildman–Crippen MR) is 115 cm³/mol. The van der Waals surface area contributed by atoms with Gasteiger partial charge in [-0.3, -0.25) is 9.69 Å². The zero-order valence-corrected chi connectivity index (χ0v) is 17.8. The maximum atomic E-state index is 13.3. The summed E-state index contributed by atoms with van der Waals surface area (Å²) in [7, 11) is 0. The van der Waals surface area contributed by atoms with Crippen LogP contribution in [0.3, 0.4) is 0 Å². The van der Waals surface area contributed by atoms with Gasteiger partial charge in [0.25, 0.3) is 5.91 Å². The smallest absolute Gasteiger partial charge is 0.325 e. The van der Waals surface area contributed by atoms with Gasteiger partial charge in [0.2, 0.25) is 0 Å². The number of rotatable bonds is 10. The van der Waals surface area contributed by atoms with Gasteiger partial charge >= 0.3 is 6.03 Å². The summed E-state index contributed by atoms with van der Waals surface area (Å²) >= 11 is 5.86. The molecular formula is C23H27ClN2O4. The molecule has 0 bridgehead atoms. The van der Waals surface area contributed by atoms with Crippen LogP contribution < -0.4 is 5.32 Å². The monoisotopic (exact) mass is 430 g/mol. The minimum Gasteiger partial charge on any atom is -0.389 e. The fourth-order valence-electron chi connectivity index (χ4n) is 3.62. The number of nitrogens with zero attached hydrogens (tertiary/aromatic N) is 1. The Bertz CT molecular complexity index is 859. The molecule has 0 aromatic heterocycles. The minimum absolute atomic E-state index is 0.00693. The Labute approximate surface area is 181 Å². The third kappa shape index (κ3) is 5.01. The third-order valence-electron chi connectivity index (χ3n) is 5.23. The number of urea groups is 1. The molecule has 1 fully saturated rings. The molecule has 2 unspecified atom stereocenters. The van der Waals surface area contributed by atoms with Crippen molar-refractivity contribution in [3.8, 4) is 0 Å². The maximum absolute atomic E-state index is 13.3. The van der Waals surface area contributed by atoms with Crippen LogP contribution in [0.25, 0.3) is 0 Å². The number of halogens is 1. The van der Waals surface area contributed by atoms with E-state index >= 15 is 0 Å². The average molecular weight is 431 g/mol. The van der Waals surface area contributed by atoms with Crippen molar-refractivity contribution in [3.05, 3.63) is 70.7 Å². The number of nitrogens with one attached hydrogen (secondary N) is 1. The second-order valence-corrected chi connectivity index (χ2v) is 7.95. The van der Waals surface area contributed by atoms with Crippen LogP contribution >= 0.6 is 11.6 Å². The van der Waals surface area contributed by atoms with E-state index in [9.17, 15) is 14.7 Å². The standard InChI is InChI=1S/C23H27ClN2O4/c1-2-3-13-23(18-7-5-4-6-8-18)21(28)26(22(29)25-23)14-20(27)16-30-15-17-9-11-19(24)12-10-17/h4-12,20,27H,2-3,13-16H2,1H3,(H,25,29). The molecule has 2 N–H and O–H groups in total. The number of amides is 3. The summed E-state index contributed by atoms with van der Waals surface area (Å²) in [5.41, 5.74) is 0.593. The fraction of sp³-hybridized carbons (Fsp3) is 0.391. The van der Waals surface area contributed by atoms with Gasteiger partial charge in [-0.2, -0.15) is 0 Å². The molecule has 0 radical (unpaired) electrons. The molecule has 30 heavy (non-hydrogen) atoms. The first-order valence-corrected chi connectivity index (χ1v) is 10.5. The van der Waals surface area contributed by atoms with E-state index in [1.165, 1.54) is 0 Å². The highest BCUT2D eigenvalue weighted by atomic mass is 35.5. The summed E-state index contributed by atoms with van der Waals surface area (Å²) in [6.45, 7) is 2.23. The van der Waals surface area contributed by atoms with Gasteiger partial charge in [-0.05, 0) is 29.7 Å². The zero-order valence-electron chi connectivity index (χ0n) is 17.0. The molecule has 1 aliphatic rings. The van der Waals surface area contributed by atoms with Gasteiger partial charge < -0.3 is 15.2 Å². The Morgan fingerprint density at radius 3 is 2.50 bits per heavy atom. The second kappa shape index (κ2) is 10.1. The Hall–Kier alpha value is -2.41. The van der Waals surface area contributed by atoms with Gasteiger partial charge in [0.15, 0.2) is 0 Å². The lowest BCUT2D eigenvalue weighted by atomic mass is 9.85. The van der Waals surface area contributed by atoms with Crippen molar-refractivity contribution in [1.82, 2.24) is 10.2 Å². The number of carbonyl (C=O) groups excluding carboxylic acids is 2. The molecule has 0 saturated carbocycles. The summed E-state index contributed by atoms with van der Waals surface area (Å²) in [6, 6.07) is 16.0. The van der Waals surface area contributed by atoms with E-state index in [2.05, 4.69) is 5.32 Å². The Kier molecular flexibility index (Phi) is 7.48. The van der Waals surface area contributed by atoms with Crippen LogP contribution in [0.2, 0.25) is 5.02 Å². The lowest BCUT2D eigenvalue weighted by Crippen LogP contribution is -2.45. The first kappa shape index (κ1) is 22.3. The summed E-state index contributed by atoms with van der Waals surface area (Å²) in [4.78, 5) is 27.0. The van der Waals surface area contributed by atoms with Crippen LogP contribution in [0.1, 0.15) is 37.3 Å². The average Bonchev–Trinajstić information content (AvgIpc) is 2.99. The molecule has 160 valence electrons. The van der Waals surface area contributed by atoms with Gasteiger partial charge in [0.05, 0.1) is 25.9 Å². The number of aliphatic hydroxyl groups excluding tert-OH is 1. The minimum atomic E-state index is -1.09. The number of benzene rings is 2. The molecule has 2 aromatic rings. The van der Waals surface area contributed by atoms with Crippen LogP contribution in [-0.2, 0) is 21.7 Å². The van der Waals surface area contributed by atoms with E-state index in [0.717, 1.165) is 28.9 Å². The SMILES string of the molecule is CCCCC1(c2ccccc2)NC(=O)N(CC(O)COCc2ccc(Cl)cc2)C1=O. The molecule has 0 aliphatic carbocycles. The van der Waals surface area contributed by atoms with Crippen molar-refractivity contribution < 1.29 is 19.4 Å². The molecule has 2 aromatic carbocycles. The van der Waals surface area contributed by atoms with Crippen LogP contribution in [0, 0.1) is 0 Å². The van der Waals surface area contributed by atoms with Crippen molar-refractivity contribution in [1.29, 1.82) is 0 Å². The lowest BCUT2D eigenvalue weighted by Gasteiger charge is -2.27. The molecular weight excluding hydrogens is 404 g/mol. The Morgan fingerprint density at radius 2 is 1.83 bits per heavy atom. The maximum Gasteiger partial charge on any atom is 0.325 e. The number of unbranched alkanes of at least 4 members (excludes halogenated alkanes) is 1. The number of hydrogen-bond donors (Lipinski definition) is 2. The molecule has 7 heteroatoms. The van der Waals surface area contributed by atoms with Gasteiger partial charge in [0.1, 0.15) is 5.54 Å². The van der Waals surface area contributed by atoms with Gasteiger partial charge in [-0.15, -0.1) is 0 Å². The highest BCUT2D eigenvalue weighted by molar-refractivity contribution is 6.30. The molecule has 1 aliphatic heterocycles. The lowest BCUT2D eigenvalue weighted by molar-refractivity contribution is -0.133. The van der Waals surface area contributed by atoms with Gasteiger partial charge in [-0.1, -0.05) is 73.8 Å². The quantitative estimate of drug-likeness (QED) is 0.561. The number of carbonyl (C=O) groups is 2. The van der Waals surface area contributed by atoms with Crippen LogP contribution in [-0.4, -0.2) is 41.2 Å².